The molecule has 0 aromatic rings. The summed E-state index contributed by atoms with van der Waals surface area (Å²) in [4.78, 5) is 13.3. The fourth-order valence-corrected chi connectivity index (χ4v) is 1.29. The van der Waals surface area contributed by atoms with Crippen LogP contribution in [0.25, 0.3) is 0 Å². The maximum atomic E-state index is 11.6. The van der Waals surface area contributed by atoms with Crippen molar-refractivity contribution >= 4 is 5.91 Å². The lowest BCUT2D eigenvalue weighted by molar-refractivity contribution is -0.130. The van der Waals surface area contributed by atoms with E-state index < -0.39 is 5.54 Å². The van der Waals surface area contributed by atoms with E-state index in [-0.39, 0.29) is 12.5 Å². The van der Waals surface area contributed by atoms with Crippen LogP contribution in [0, 0.1) is 0 Å². The monoisotopic (exact) mass is 216 g/mol. The Kier molecular flexibility index (Phi) is 6.52. The molecule has 1 amide bonds. The molecule has 0 radical (unpaired) electrons. The first kappa shape index (κ1) is 14.4. The first-order valence-corrected chi connectivity index (χ1v) is 5.50. The lowest BCUT2D eigenvalue weighted by Gasteiger charge is -2.23. The minimum absolute atomic E-state index is 0.0894. The zero-order chi connectivity index (χ0) is 11.9. The highest BCUT2D eigenvalue weighted by Crippen LogP contribution is 2.07. The van der Waals surface area contributed by atoms with E-state index in [1.54, 1.807) is 11.9 Å². The Bertz CT molecular complexity index is 188. The number of aliphatic hydroxyl groups is 1. The molecular weight excluding hydrogens is 192 g/mol. The fourth-order valence-electron chi connectivity index (χ4n) is 1.29. The summed E-state index contributed by atoms with van der Waals surface area (Å²) in [7, 11) is 1.80. The molecule has 0 atom stereocenters. The number of carbonyl (C=O) groups is 1. The van der Waals surface area contributed by atoms with Crippen molar-refractivity contribution in [2.24, 2.45) is 5.73 Å². The van der Waals surface area contributed by atoms with Gasteiger partial charge in [0.2, 0.25) is 5.91 Å². The van der Waals surface area contributed by atoms with Crippen LogP contribution >= 0.6 is 0 Å². The number of carbonyl (C=O) groups excluding carboxylic acids is 1. The van der Waals surface area contributed by atoms with E-state index in [9.17, 15) is 4.79 Å². The number of hydrogen-bond donors (Lipinski definition) is 2. The fraction of sp³-hybridized carbons (Fsp3) is 0.909. The van der Waals surface area contributed by atoms with Crippen LogP contribution < -0.4 is 5.73 Å². The summed E-state index contributed by atoms with van der Waals surface area (Å²) in [5.41, 5.74) is 5.34. The number of nitrogens with two attached hydrogens (primary N) is 1. The standard InChI is InChI=1S/C11H24N2O2/c1-11(2,12)9-10(15)13(3)7-5-4-6-8-14/h14H,4-9,12H2,1-3H3. The number of hydrogen-bond acceptors (Lipinski definition) is 3. The molecule has 0 rings (SSSR count). The molecular formula is C11H24N2O2. The van der Waals surface area contributed by atoms with Crippen molar-refractivity contribution in [3.8, 4) is 0 Å². The zero-order valence-electron chi connectivity index (χ0n) is 10.1. The molecule has 0 aliphatic rings. The lowest BCUT2D eigenvalue weighted by Crippen LogP contribution is -2.40. The summed E-state index contributed by atoms with van der Waals surface area (Å²) in [5.74, 6) is 0.0894. The SMILES string of the molecule is CN(CCCCCO)C(=O)CC(C)(C)N. The maximum Gasteiger partial charge on any atom is 0.224 e. The summed E-state index contributed by atoms with van der Waals surface area (Å²) in [6.07, 6.45) is 3.09. The van der Waals surface area contributed by atoms with Gasteiger partial charge in [-0.15, -0.1) is 0 Å². The minimum atomic E-state index is -0.434. The maximum absolute atomic E-state index is 11.6. The molecule has 0 unspecified atom stereocenters. The summed E-state index contributed by atoms with van der Waals surface area (Å²) in [6.45, 7) is 4.68. The average Bonchev–Trinajstić information content (AvgIpc) is 2.09. The molecule has 0 aliphatic carbocycles. The molecule has 0 heterocycles. The average molecular weight is 216 g/mol. The van der Waals surface area contributed by atoms with Gasteiger partial charge >= 0.3 is 0 Å². The van der Waals surface area contributed by atoms with Crippen LogP contribution in [0.5, 0.6) is 0 Å². The van der Waals surface area contributed by atoms with E-state index in [4.69, 9.17) is 10.8 Å². The number of rotatable bonds is 7. The van der Waals surface area contributed by atoms with Gasteiger partial charge in [0.25, 0.3) is 0 Å². The predicted octanol–water partition coefficient (Wildman–Crippen LogP) is 0.735. The van der Waals surface area contributed by atoms with Gasteiger partial charge in [-0.3, -0.25) is 4.79 Å². The lowest BCUT2D eigenvalue weighted by atomic mass is 10.0. The Labute approximate surface area is 92.4 Å². The van der Waals surface area contributed by atoms with E-state index in [2.05, 4.69) is 0 Å². The number of nitrogens with zero attached hydrogens (tertiary/aromatic N) is 1. The van der Waals surface area contributed by atoms with Gasteiger partial charge in [-0.05, 0) is 33.1 Å². The third kappa shape index (κ3) is 8.39. The third-order valence-corrected chi connectivity index (χ3v) is 2.18. The molecule has 0 saturated heterocycles. The Hall–Kier alpha value is -0.610. The van der Waals surface area contributed by atoms with Crippen molar-refractivity contribution < 1.29 is 9.90 Å². The predicted molar refractivity (Wildman–Crippen MR) is 61.5 cm³/mol. The minimum Gasteiger partial charge on any atom is -0.396 e. The molecule has 0 spiro atoms. The number of unbranched alkanes of at least 4 members (excludes halogenated alkanes) is 2. The van der Waals surface area contributed by atoms with Gasteiger partial charge in [0.1, 0.15) is 0 Å². The molecule has 4 nitrogen and oxygen atoms in total. The normalized spacial score (nSPS) is 11.5. The summed E-state index contributed by atoms with van der Waals surface area (Å²) < 4.78 is 0. The molecule has 3 N–H and O–H groups in total. The van der Waals surface area contributed by atoms with Crippen LogP contribution in [0.4, 0.5) is 0 Å². The van der Waals surface area contributed by atoms with Crippen molar-refractivity contribution in [1.82, 2.24) is 4.90 Å². The molecule has 0 bridgehead atoms. The van der Waals surface area contributed by atoms with Crippen molar-refractivity contribution in [3.63, 3.8) is 0 Å². The van der Waals surface area contributed by atoms with Crippen LogP contribution in [0.15, 0.2) is 0 Å². The highest BCUT2D eigenvalue weighted by molar-refractivity contribution is 5.76. The molecule has 0 aromatic heterocycles. The van der Waals surface area contributed by atoms with E-state index in [0.29, 0.717) is 6.42 Å². The van der Waals surface area contributed by atoms with Crippen LogP contribution in [0.1, 0.15) is 39.5 Å². The smallest absolute Gasteiger partial charge is 0.224 e. The van der Waals surface area contributed by atoms with E-state index >= 15 is 0 Å². The second-order valence-electron chi connectivity index (χ2n) is 4.76. The summed E-state index contributed by atoms with van der Waals surface area (Å²) in [5, 5.41) is 8.60. The van der Waals surface area contributed by atoms with Gasteiger partial charge < -0.3 is 15.7 Å². The Morgan fingerprint density at radius 3 is 2.40 bits per heavy atom. The van der Waals surface area contributed by atoms with Gasteiger partial charge in [0, 0.05) is 32.2 Å². The van der Waals surface area contributed by atoms with Crippen molar-refractivity contribution in [2.75, 3.05) is 20.2 Å². The first-order valence-electron chi connectivity index (χ1n) is 5.50. The Morgan fingerprint density at radius 1 is 1.33 bits per heavy atom. The number of aliphatic hydroxyl groups excluding tert-OH is 1. The summed E-state index contributed by atoms with van der Waals surface area (Å²) >= 11 is 0. The number of amides is 1. The quantitative estimate of drug-likeness (QED) is 0.617. The van der Waals surface area contributed by atoms with Crippen molar-refractivity contribution in [2.45, 2.75) is 45.1 Å². The van der Waals surface area contributed by atoms with Gasteiger partial charge in [-0.25, -0.2) is 0 Å². The molecule has 0 aliphatic heterocycles. The highest BCUT2D eigenvalue weighted by atomic mass is 16.2. The molecule has 4 heteroatoms. The second kappa shape index (κ2) is 6.80. The molecule has 0 saturated carbocycles. The van der Waals surface area contributed by atoms with Gasteiger partial charge in [0.15, 0.2) is 0 Å². The molecule has 90 valence electrons. The largest absolute Gasteiger partial charge is 0.396 e. The van der Waals surface area contributed by atoms with Gasteiger partial charge in [-0.2, -0.15) is 0 Å². The van der Waals surface area contributed by atoms with Crippen LogP contribution in [-0.2, 0) is 4.79 Å². The molecule has 15 heavy (non-hydrogen) atoms. The topological polar surface area (TPSA) is 66.6 Å². The Balaban J connectivity index is 3.70. The van der Waals surface area contributed by atoms with Crippen LogP contribution in [0.2, 0.25) is 0 Å². The van der Waals surface area contributed by atoms with Gasteiger partial charge in [-0.1, -0.05) is 0 Å². The van der Waals surface area contributed by atoms with E-state index in [1.165, 1.54) is 0 Å². The van der Waals surface area contributed by atoms with E-state index in [1.807, 2.05) is 13.8 Å². The first-order chi connectivity index (χ1) is 6.87. The zero-order valence-corrected chi connectivity index (χ0v) is 10.1. The van der Waals surface area contributed by atoms with Crippen molar-refractivity contribution in [3.05, 3.63) is 0 Å². The molecule has 0 fully saturated rings. The van der Waals surface area contributed by atoms with Crippen LogP contribution in [0.3, 0.4) is 0 Å². The van der Waals surface area contributed by atoms with Crippen LogP contribution in [-0.4, -0.2) is 41.7 Å². The Morgan fingerprint density at radius 2 is 1.93 bits per heavy atom. The summed E-state index contributed by atoms with van der Waals surface area (Å²) in [6, 6.07) is 0. The second-order valence-corrected chi connectivity index (χ2v) is 4.76. The third-order valence-electron chi connectivity index (χ3n) is 2.18. The van der Waals surface area contributed by atoms with Gasteiger partial charge in [0.05, 0.1) is 0 Å². The van der Waals surface area contributed by atoms with Crippen molar-refractivity contribution in [1.29, 1.82) is 0 Å². The van der Waals surface area contributed by atoms with E-state index in [0.717, 1.165) is 25.8 Å². The molecule has 0 aromatic carbocycles. The highest BCUT2D eigenvalue weighted by Gasteiger charge is 2.18.